The molecule has 0 bridgehead atoms. The number of nitrogens with zero attached hydrogens (tertiary/aromatic N) is 2. The van der Waals surface area contributed by atoms with Gasteiger partial charge in [-0.15, -0.1) is 0 Å². The summed E-state index contributed by atoms with van der Waals surface area (Å²) in [6.45, 7) is 3.01. The fraction of sp³-hybridized carbons (Fsp3) is 0.636. The topological polar surface area (TPSA) is 61.0 Å². The molecular formula is C11H16N4O. The van der Waals surface area contributed by atoms with Crippen molar-refractivity contribution in [2.45, 2.75) is 37.9 Å². The smallest absolute Gasteiger partial charge is 0.241 e. The van der Waals surface area contributed by atoms with Gasteiger partial charge in [-0.2, -0.15) is 0 Å². The number of fused-ring (bicyclic) bond motifs is 1. The summed E-state index contributed by atoms with van der Waals surface area (Å²) in [5.41, 5.74) is 0.900. The third-order valence-electron chi connectivity index (χ3n) is 3.67. The van der Waals surface area contributed by atoms with Gasteiger partial charge >= 0.3 is 0 Å². The first-order chi connectivity index (χ1) is 7.69. The van der Waals surface area contributed by atoms with Crippen LogP contribution in [-0.4, -0.2) is 39.0 Å². The molecule has 0 unspecified atom stereocenters. The normalized spacial score (nSPS) is 33.4. The van der Waals surface area contributed by atoms with Crippen LogP contribution in [-0.2, 0) is 11.2 Å². The highest BCUT2D eigenvalue weighted by Crippen LogP contribution is 2.32. The fourth-order valence-electron chi connectivity index (χ4n) is 2.85. The average Bonchev–Trinajstić information content (AvgIpc) is 2.89. The summed E-state index contributed by atoms with van der Waals surface area (Å²) in [6.07, 6.45) is 6.29. The SMILES string of the molecule is C[C@]12CCCN1C(=O)[C@H](Cc1cnc[nH]1)N2. The van der Waals surface area contributed by atoms with E-state index in [9.17, 15) is 4.79 Å². The predicted octanol–water partition coefficient (Wildman–Crippen LogP) is 0.263. The molecular weight excluding hydrogens is 204 g/mol. The van der Waals surface area contributed by atoms with Crippen molar-refractivity contribution in [3.8, 4) is 0 Å². The van der Waals surface area contributed by atoms with Crippen LogP contribution < -0.4 is 5.32 Å². The molecule has 2 atom stereocenters. The Morgan fingerprint density at radius 3 is 3.25 bits per heavy atom. The zero-order valence-corrected chi connectivity index (χ0v) is 9.36. The first-order valence-electron chi connectivity index (χ1n) is 5.75. The number of H-pyrrole nitrogens is 1. The maximum atomic E-state index is 12.1. The molecule has 3 rings (SSSR count). The standard InChI is InChI=1S/C11H16N4O/c1-11-3-2-4-15(11)10(16)9(14-11)5-8-6-12-7-13-8/h6-7,9,14H,2-5H2,1H3,(H,12,13)/t9-,11+/m0/s1. The molecule has 5 nitrogen and oxygen atoms in total. The highest BCUT2D eigenvalue weighted by Gasteiger charge is 2.49. The number of aromatic amines is 1. The number of nitrogens with one attached hydrogen (secondary N) is 2. The van der Waals surface area contributed by atoms with Gasteiger partial charge in [-0.25, -0.2) is 4.98 Å². The van der Waals surface area contributed by atoms with E-state index in [2.05, 4.69) is 22.2 Å². The van der Waals surface area contributed by atoms with Crippen LogP contribution in [0.4, 0.5) is 0 Å². The van der Waals surface area contributed by atoms with Crippen LogP contribution in [0.15, 0.2) is 12.5 Å². The van der Waals surface area contributed by atoms with Gasteiger partial charge in [-0.1, -0.05) is 0 Å². The van der Waals surface area contributed by atoms with Crippen molar-refractivity contribution in [2.24, 2.45) is 0 Å². The van der Waals surface area contributed by atoms with Crippen molar-refractivity contribution < 1.29 is 4.79 Å². The summed E-state index contributed by atoms with van der Waals surface area (Å²) in [5.74, 6) is 0.231. The number of hydrogen-bond acceptors (Lipinski definition) is 3. The average molecular weight is 220 g/mol. The Morgan fingerprint density at radius 1 is 1.69 bits per heavy atom. The molecule has 2 fully saturated rings. The lowest BCUT2D eigenvalue weighted by molar-refractivity contribution is -0.130. The predicted molar refractivity (Wildman–Crippen MR) is 58.6 cm³/mol. The zero-order valence-electron chi connectivity index (χ0n) is 9.36. The molecule has 0 spiro atoms. The fourth-order valence-corrected chi connectivity index (χ4v) is 2.85. The monoisotopic (exact) mass is 220 g/mol. The summed E-state index contributed by atoms with van der Waals surface area (Å²) >= 11 is 0. The van der Waals surface area contributed by atoms with E-state index in [4.69, 9.17) is 0 Å². The highest BCUT2D eigenvalue weighted by atomic mass is 16.2. The van der Waals surface area contributed by atoms with Crippen LogP contribution >= 0.6 is 0 Å². The van der Waals surface area contributed by atoms with E-state index in [1.807, 2.05) is 4.90 Å². The molecule has 0 saturated carbocycles. The number of aromatic nitrogens is 2. The summed E-state index contributed by atoms with van der Waals surface area (Å²) in [5, 5.41) is 3.45. The third-order valence-corrected chi connectivity index (χ3v) is 3.67. The molecule has 16 heavy (non-hydrogen) atoms. The first kappa shape index (κ1) is 9.84. The highest BCUT2D eigenvalue weighted by molar-refractivity contribution is 5.85. The van der Waals surface area contributed by atoms with Gasteiger partial charge < -0.3 is 9.88 Å². The Hall–Kier alpha value is -1.36. The van der Waals surface area contributed by atoms with Crippen molar-refractivity contribution >= 4 is 5.91 Å². The Labute approximate surface area is 94.2 Å². The molecule has 3 heterocycles. The van der Waals surface area contributed by atoms with E-state index >= 15 is 0 Å². The minimum Gasteiger partial charge on any atom is -0.348 e. The third kappa shape index (κ3) is 1.35. The summed E-state index contributed by atoms with van der Waals surface area (Å²) < 4.78 is 0. The van der Waals surface area contributed by atoms with Gasteiger partial charge in [-0.3, -0.25) is 10.1 Å². The minimum atomic E-state index is -0.109. The van der Waals surface area contributed by atoms with Crippen molar-refractivity contribution in [1.82, 2.24) is 20.2 Å². The molecule has 0 aromatic carbocycles. The molecule has 1 amide bonds. The Balaban J connectivity index is 1.77. The van der Waals surface area contributed by atoms with Crippen LogP contribution in [0, 0.1) is 0 Å². The lowest BCUT2D eigenvalue weighted by Crippen LogP contribution is -2.45. The van der Waals surface area contributed by atoms with Crippen molar-refractivity contribution in [1.29, 1.82) is 0 Å². The summed E-state index contributed by atoms with van der Waals surface area (Å²) in [6, 6.07) is -0.0919. The van der Waals surface area contributed by atoms with Gasteiger partial charge in [0.1, 0.15) is 0 Å². The lowest BCUT2D eigenvalue weighted by Gasteiger charge is -2.26. The van der Waals surface area contributed by atoms with E-state index in [-0.39, 0.29) is 17.6 Å². The molecule has 2 aliphatic heterocycles. The van der Waals surface area contributed by atoms with E-state index in [1.165, 1.54) is 0 Å². The number of carbonyl (C=O) groups is 1. The molecule has 86 valence electrons. The van der Waals surface area contributed by atoms with Crippen molar-refractivity contribution in [3.05, 3.63) is 18.2 Å². The molecule has 0 aliphatic carbocycles. The second-order valence-corrected chi connectivity index (χ2v) is 4.85. The van der Waals surface area contributed by atoms with Gasteiger partial charge in [0.25, 0.3) is 0 Å². The van der Waals surface area contributed by atoms with Crippen LogP contribution in [0.5, 0.6) is 0 Å². The Bertz CT molecular complexity index is 402. The largest absolute Gasteiger partial charge is 0.348 e. The molecule has 1 aromatic heterocycles. The molecule has 2 aliphatic rings. The van der Waals surface area contributed by atoms with E-state index < -0.39 is 0 Å². The second-order valence-electron chi connectivity index (χ2n) is 4.85. The van der Waals surface area contributed by atoms with Gasteiger partial charge in [0.05, 0.1) is 18.0 Å². The quantitative estimate of drug-likeness (QED) is 0.751. The van der Waals surface area contributed by atoms with Gasteiger partial charge in [-0.05, 0) is 19.8 Å². The van der Waals surface area contributed by atoms with Crippen LogP contribution in [0.3, 0.4) is 0 Å². The first-order valence-corrected chi connectivity index (χ1v) is 5.75. The van der Waals surface area contributed by atoms with Gasteiger partial charge in [0.15, 0.2) is 0 Å². The number of imidazole rings is 1. The maximum absolute atomic E-state index is 12.1. The number of hydrogen-bond donors (Lipinski definition) is 2. The Morgan fingerprint density at radius 2 is 2.56 bits per heavy atom. The number of amides is 1. The van der Waals surface area contributed by atoms with Crippen LogP contribution in [0.25, 0.3) is 0 Å². The van der Waals surface area contributed by atoms with Gasteiger partial charge in [0.2, 0.25) is 5.91 Å². The van der Waals surface area contributed by atoms with E-state index in [0.29, 0.717) is 6.42 Å². The van der Waals surface area contributed by atoms with E-state index in [0.717, 1.165) is 25.1 Å². The van der Waals surface area contributed by atoms with Gasteiger partial charge in [0, 0.05) is 24.9 Å². The van der Waals surface area contributed by atoms with Crippen molar-refractivity contribution in [2.75, 3.05) is 6.54 Å². The molecule has 5 heteroatoms. The van der Waals surface area contributed by atoms with Crippen molar-refractivity contribution in [3.63, 3.8) is 0 Å². The maximum Gasteiger partial charge on any atom is 0.241 e. The molecule has 2 N–H and O–H groups in total. The minimum absolute atomic E-state index is 0.0919. The zero-order chi connectivity index (χ0) is 11.2. The molecule has 0 radical (unpaired) electrons. The number of carbonyl (C=O) groups excluding carboxylic acids is 1. The second kappa shape index (κ2) is 3.31. The molecule has 1 aromatic rings. The van der Waals surface area contributed by atoms with E-state index in [1.54, 1.807) is 12.5 Å². The summed E-state index contributed by atoms with van der Waals surface area (Å²) in [7, 11) is 0. The summed E-state index contributed by atoms with van der Waals surface area (Å²) in [4.78, 5) is 21.1. The van der Waals surface area contributed by atoms with Crippen LogP contribution in [0.2, 0.25) is 0 Å². The molecule has 2 saturated heterocycles. The Kier molecular flexibility index (Phi) is 2.04. The number of rotatable bonds is 2. The lowest BCUT2D eigenvalue weighted by atomic mass is 10.1. The van der Waals surface area contributed by atoms with Crippen LogP contribution in [0.1, 0.15) is 25.5 Å².